The van der Waals surface area contributed by atoms with Crippen LogP contribution in [-0.4, -0.2) is 46.9 Å². The Bertz CT molecular complexity index is 797. The van der Waals surface area contributed by atoms with Gasteiger partial charge in [0.1, 0.15) is 11.5 Å². The highest BCUT2D eigenvalue weighted by Crippen LogP contribution is 2.29. The van der Waals surface area contributed by atoms with Gasteiger partial charge in [-0.1, -0.05) is 0 Å². The Hall–Kier alpha value is -3.42. The molecule has 0 aliphatic heterocycles. The van der Waals surface area contributed by atoms with Crippen LogP contribution in [0.2, 0.25) is 0 Å². The number of esters is 1. The highest BCUT2D eigenvalue weighted by Gasteiger charge is 2.13. The van der Waals surface area contributed by atoms with Gasteiger partial charge in [0, 0.05) is 23.9 Å². The zero-order valence-electron chi connectivity index (χ0n) is 15.5. The summed E-state index contributed by atoms with van der Waals surface area (Å²) < 4.78 is 25.7. The van der Waals surface area contributed by atoms with Crippen LogP contribution in [0.1, 0.15) is 10.4 Å². The number of hydrogen-bond acceptors (Lipinski definition) is 7. The molecule has 8 nitrogen and oxygen atoms in total. The molecule has 0 aliphatic carbocycles. The van der Waals surface area contributed by atoms with Gasteiger partial charge < -0.3 is 29.0 Å². The number of carbonyl (C=O) groups excluding carboxylic acids is 2. The van der Waals surface area contributed by atoms with Crippen molar-refractivity contribution >= 4 is 17.6 Å². The number of methoxy groups -OCH3 is 4. The lowest BCUT2D eigenvalue weighted by atomic mass is 10.2. The molecule has 0 radical (unpaired) electrons. The Morgan fingerprint density at radius 3 is 2.07 bits per heavy atom. The van der Waals surface area contributed by atoms with Gasteiger partial charge in [-0.2, -0.15) is 0 Å². The summed E-state index contributed by atoms with van der Waals surface area (Å²) in [6.45, 7) is -0.256. The van der Waals surface area contributed by atoms with E-state index in [1.54, 1.807) is 18.2 Å². The molecule has 2 aromatic rings. The van der Waals surface area contributed by atoms with Crippen LogP contribution in [0, 0.1) is 0 Å². The third-order valence-corrected chi connectivity index (χ3v) is 3.58. The fourth-order valence-corrected chi connectivity index (χ4v) is 2.25. The number of hydrogen-bond donors (Lipinski definition) is 1. The van der Waals surface area contributed by atoms with Gasteiger partial charge in [-0.05, 0) is 18.2 Å². The number of benzene rings is 2. The van der Waals surface area contributed by atoms with Crippen molar-refractivity contribution in [1.82, 2.24) is 0 Å². The van der Waals surface area contributed by atoms with Gasteiger partial charge in [0.15, 0.2) is 18.1 Å². The molecule has 144 valence electrons. The van der Waals surface area contributed by atoms with E-state index in [4.69, 9.17) is 18.9 Å². The van der Waals surface area contributed by atoms with Gasteiger partial charge in [-0.15, -0.1) is 0 Å². The molecule has 1 amide bonds. The number of anilines is 1. The molecule has 2 rings (SSSR count). The van der Waals surface area contributed by atoms with E-state index in [0.717, 1.165) is 0 Å². The maximum atomic E-state index is 12.2. The molecule has 0 heterocycles. The second kappa shape index (κ2) is 9.33. The zero-order valence-corrected chi connectivity index (χ0v) is 15.5. The van der Waals surface area contributed by atoms with Crippen molar-refractivity contribution in [2.75, 3.05) is 40.4 Å². The van der Waals surface area contributed by atoms with Crippen LogP contribution in [-0.2, 0) is 9.53 Å². The van der Waals surface area contributed by atoms with Crippen LogP contribution in [0.3, 0.4) is 0 Å². The summed E-state index contributed by atoms with van der Waals surface area (Å²) in [5.74, 6) is 0.850. The minimum absolute atomic E-state index is 0.256. The maximum Gasteiger partial charge on any atom is 0.337 e. The van der Waals surface area contributed by atoms with E-state index in [-0.39, 0.29) is 12.5 Å². The van der Waals surface area contributed by atoms with Gasteiger partial charge in [-0.3, -0.25) is 4.79 Å². The summed E-state index contributed by atoms with van der Waals surface area (Å²) in [5, 5.41) is 2.70. The fraction of sp³-hybridized carbons (Fsp3) is 0.263. The first kappa shape index (κ1) is 19.9. The summed E-state index contributed by atoms with van der Waals surface area (Å²) in [4.78, 5) is 23.7. The normalized spacial score (nSPS) is 9.93. The topological polar surface area (TPSA) is 92.3 Å². The predicted octanol–water partition coefficient (Wildman–Crippen LogP) is 2.52. The van der Waals surface area contributed by atoms with Crippen LogP contribution >= 0.6 is 0 Å². The highest BCUT2D eigenvalue weighted by molar-refractivity contribution is 5.92. The van der Waals surface area contributed by atoms with Gasteiger partial charge in [0.05, 0.1) is 34.0 Å². The quantitative estimate of drug-likeness (QED) is 0.709. The monoisotopic (exact) mass is 375 g/mol. The molecule has 0 spiro atoms. The SMILES string of the molecule is COC(=O)c1ccc(OCC(=O)Nc2cc(OC)cc(OC)c2)c(OC)c1. The third kappa shape index (κ3) is 5.27. The molecule has 1 N–H and O–H groups in total. The van der Waals surface area contributed by atoms with Crippen molar-refractivity contribution in [2.45, 2.75) is 0 Å². The first-order valence-corrected chi connectivity index (χ1v) is 7.92. The van der Waals surface area contributed by atoms with Gasteiger partial charge in [-0.25, -0.2) is 4.79 Å². The van der Waals surface area contributed by atoms with Crippen molar-refractivity contribution in [1.29, 1.82) is 0 Å². The lowest BCUT2D eigenvalue weighted by Gasteiger charge is -2.13. The summed E-state index contributed by atoms with van der Waals surface area (Å²) in [5.41, 5.74) is 0.822. The molecule has 0 unspecified atom stereocenters. The third-order valence-electron chi connectivity index (χ3n) is 3.58. The molecule has 0 aliphatic rings. The van der Waals surface area contributed by atoms with Gasteiger partial charge in [0.25, 0.3) is 5.91 Å². The van der Waals surface area contributed by atoms with Crippen molar-refractivity contribution in [3.63, 3.8) is 0 Å². The Balaban J connectivity index is 2.04. The van der Waals surface area contributed by atoms with Crippen molar-refractivity contribution in [3.8, 4) is 23.0 Å². The number of amides is 1. The second-order valence-electron chi connectivity index (χ2n) is 5.30. The van der Waals surface area contributed by atoms with Gasteiger partial charge in [0.2, 0.25) is 0 Å². The van der Waals surface area contributed by atoms with Crippen molar-refractivity contribution in [2.24, 2.45) is 0 Å². The van der Waals surface area contributed by atoms with E-state index in [1.807, 2.05) is 0 Å². The molecule has 0 saturated heterocycles. The van der Waals surface area contributed by atoms with Crippen LogP contribution in [0.5, 0.6) is 23.0 Å². The number of ether oxygens (including phenoxy) is 5. The predicted molar refractivity (Wildman–Crippen MR) is 98.0 cm³/mol. The molecule has 0 aromatic heterocycles. The lowest BCUT2D eigenvalue weighted by molar-refractivity contribution is -0.118. The van der Waals surface area contributed by atoms with E-state index in [0.29, 0.717) is 34.2 Å². The lowest BCUT2D eigenvalue weighted by Crippen LogP contribution is -2.20. The molecule has 0 fully saturated rings. The molecule has 8 heteroatoms. The number of nitrogens with one attached hydrogen (secondary N) is 1. The van der Waals surface area contributed by atoms with E-state index in [9.17, 15) is 9.59 Å². The minimum atomic E-state index is -0.496. The molecular weight excluding hydrogens is 354 g/mol. The minimum Gasteiger partial charge on any atom is -0.497 e. The van der Waals surface area contributed by atoms with Crippen molar-refractivity contribution in [3.05, 3.63) is 42.0 Å². The van der Waals surface area contributed by atoms with E-state index >= 15 is 0 Å². The first-order valence-electron chi connectivity index (χ1n) is 7.92. The van der Waals surface area contributed by atoms with E-state index in [1.165, 1.54) is 46.6 Å². The van der Waals surface area contributed by atoms with Gasteiger partial charge >= 0.3 is 5.97 Å². The largest absolute Gasteiger partial charge is 0.497 e. The zero-order chi connectivity index (χ0) is 19.8. The van der Waals surface area contributed by atoms with Crippen LogP contribution in [0.15, 0.2) is 36.4 Å². The van der Waals surface area contributed by atoms with Crippen molar-refractivity contribution < 1.29 is 33.3 Å². The smallest absolute Gasteiger partial charge is 0.337 e. The molecule has 0 saturated carbocycles. The fourth-order valence-electron chi connectivity index (χ4n) is 2.25. The highest BCUT2D eigenvalue weighted by atomic mass is 16.5. The summed E-state index contributed by atoms with van der Waals surface area (Å²) in [6.07, 6.45) is 0. The van der Waals surface area contributed by atoms with Crippen LogP contribution < -0.4 is 24.3 Å². The van der Waals surface area contributed by atoms with E-state index in [2.05, 4.69) is 10.1 Å². The summed E-state index contributed by atoms with van der Waals surface area (Å²) >= 11 is 0. The van der Waals surface area contributed by atoms with E-state index < -0.39 is 5.97 Å². The average molecular weight is 375 g/mol. The molecule has 27 heavy (non-hydrogen) atoms. The Labute approximate surface area is 156 Å². The number of rotatable bonds is 8. The second-order valence-corrected chi connectivity index (χ2v) is 5.30. The molecular formula is C19H21NO7. The summed E-state index contributed by atoms with van der Waals surface area (Å²) in [6, 6.07) is 9.55. The van der Waals surface area contributed by atoms with Crippen LogP contribution in [0.25, 0.3) is 0 Å². The van der Waals surface area contributed by atoms with Crippen LogP contribution in [0.4, 0.5) is 5.69 Å². The summed E-state index contributed by atoms with van der Waals surface area (Å²) in [7, 11) is 5.77. The molecule has 2 aromatic carbocycles. The Morgan fingerprint density at radius 2 is 1.52 bits per heavy atom. The molecule has 0 atom stereocenters. The first-order chi connectivity index (χ1) is 13.0. The molecule has 0 bridgehead atoms. The Morgan fingerprint density at radius 1 is 0.852 bits per heavy atom. The standard InChI is InChI=1S/C19H21NO7/c1-23-14-8-13(9-15(10-14)24-2)20-18(21)11-27-16-6-5-12(19(22)26-4)7-17(16)25-3/h5-10H,11H2,1-4H3,(H,20,21). The average Bonchev–Trinajstić information content (AvgIpc) is 2.70. The number of carbonyl (C=O) groups is 2. The Kier molecular flexibility index (Phi) is 6.87. The maximum absolute atomic E-state index is 12.2.